The van der Waals surface area contributed by atoms with Crippen molar-refractivity contribution >= 4 is 5.71 Å². The van der Waals surface area contributed by atoms with Crippen LogP contribution in [-0.4, -0.2) is 12.3 Å². The Labute approximate surface area is 62.8 Å². The number of nitrogens with two attached hydrogens (primary N) is 1. The van der Waals surface area contributed by atoms with Crippen LogP contribution in [0.2, 0.25) is 0 Å². The third-order valence-electron chi connectivity index (χ3n) is 1.53. The van der Waals surface area contributed by atoms with Gasteiger partial charge in [0, 0.05) is 18.0 Å². The van der Waals surface area contributed by atoms with Gasteiger partial charge in [-0.2, -0.15) is 0 Å². The predicted molar refractivity (Wildman–Crippen MR) is 46.2 cm³/mol. The molecule has 0 fully saturated rings. The van der Waals surface area contributed by atoms with Gasteiger partial charge < -0.3 is 5.73 Å². The van der Waals surface area contributed by atoms with E-state index in [9.17, 15) is 0 Å². The quantitative estimate of drug-likeness (QED) is 0.583. The molecule has 0 amide bonds. The average molecular weight is 140 g/mol. The van der Waals surface area contributed by atoms with Crippen LogP contribution in [0.15, 0.2) is 16.3 Å². The molecule has 2 heteroatoms. The van der Waals surface area contributed by atoms with E-state index in [1.54, 1.807) is 0 Å². The molecule has 0 atom stereocenters. The highest BCUT2D eigenvalue weighted by atomic mass is 14.7. The normalized spacial score (nSPS) is 15.0. The third-order valence-corrected chi connectivity index (χ3v) is 1.53. The number of rotatable bonds is 2. The van der Waals surface area contributed by atoms with Crippen LogP contribution in [0.5, 0.6) is 0 Å². The summed E-state index contributed by atoms with van der Waals surface area (Å²) in [6, 6.07) is 0. The Hall–Kier alpha value is -0.790. The zero-order chi connectivity index (χ0) is 8.15. The van der Waals surface area contributed by atoms with Gasteiger partial charge in [-0.1, -0.05) is 0 Å². The van der Waals surface area contributed by atoms with Crippen molar-refractivity contribution in [1.29, 1.82) is 0 Å². The summed E-state index contributed by atoms with van der Waals surface area (Å²) < 4.78 is 0. The monoisotopic (exact) mass is 140 g/mol. The average Bonchev–Trinajstić information content (AvgIpc) is 1.87. The molecule has 0 aliphatic carbocycles. The van der Waals surface area contributed by atoms with Crippen LogP contribution >= 0.6 is 0 Å². The molecule has 0 bridgehead atoms. The second-order valence-electron chi connectivity index (χ2n) is 2.37. The standard InChI is InChI=1S/C8H16N2/c1-5-10-8(4)6(2)7(3)9/h5,9H2,1-4H3. The largest absolute Gasteiger partial charge is 0.402 e. The fourth-order valence-electron chi connectivity index (χ4n) is 0.641. The summed E-state index contributed by atoms with van der Waals surface area (Å²) in [7, 11) is 0. The van der Waals surface area contributed by atoms with Gasteiger partial charge in [-0.3, -0.25) is 4.99 Å². The van der Waals surface area contributed by atoms with Crippen LogP contribution in [0.1, 0.15) is 27.7 Å². The first kappa shape index (κ1) is 9.21. The zero-order valence-corrected chi connectivity index (χ0v) is 7.23. The predicted octanol–water partition coefficient (Wildman–Crippen LogP) is 1.72. The number of hydrogen-bond acceptors (Lipinski definition) is 2. The van der Waals surface area contributed by atoms with Crippen LogP contribution in [0.3, 0.4) is 0 Å². The van der Waals surface area contributed by atoms with Gasteiger partial charge in [-0.25, -0.2) is 0 Å². The fraction of sp³-hybridized carbons (Fsp3) is 0.625. The summed E-state index contributed by atoms with van der Waals surface area (Å²) in [6.45, 7) is 8.71. The zero-order valence-electron chi connectivity index (χ0n) is 7.23. The van der Waals surface area contributed by atoms with Crippen LogP contribution in [0, 0.1) is 0 Å². The smallest absolute Gasteiger partial charge is 0.0364 e. The Bertz CT molecular complexity index is 162. The van der Waals surface area contributed by atoms with E-state index in [2.05, 4.69) is 4.99 Å². The van der Waals surface area contributed by atoms with Crippen molar-refractivity contribution in [2.24, 2.45) is 10.7 Å². The minimum Gasteiger partial charge on any atom is -0.402 e. The number of hydrogen-bond donors (Lipinski definition) is 1. The Morgan fingerprint density at radius 1 is 1.30 bits per heavy atom. The van der Waals surface area contributed by atoms with Crippen molar-refractivity contribution in [3.8, 4) is 0 Å². The van der Waals surface area contributed by atoms with Gasteiger partial charge in [-0.05, 0) is 33.3 Å². The van der Waals surface area contributed by atoms with Gasteiger partial charge in [0.2, 0.25) is 0 Å². The maximum absolute atomic E-state index is 5.57. The molecule has 0 unspecified atom stereocenters. The summed E-state index contributed by atoms with van der Waals surface area (Å²) in [4.78, 5) is 4.22. The second kappa shape index (κ2) is 4.09. The highest BCUT2D eigenvalue weighted by Crippen LogP contribution is 1.99. The minimum atomic E-state index is 0.830. The maximum Gasteiger partial charge on any atom is 0.0364 e. The van der Waals surface area contributed by atoms with Gasteiger partial charge in [0.1, 0.15) is 0 Å². The first-order chi connectivity index (χ1) is 4.59. The molecule has 0 aliphatic rings. The number of allylic oxidation sites excluding steroid dienone is 2. The molecule has 2 N–H and O–H groups in total. The molecule has 0 radical (unpaired) electrons. The summed E-state index contributed by atoms with van der Waals surface area (Å²) in [5, 5.41) is 0. The summed E-state index contributed by atoms with van der Waals surface area (Å²) >= 11 is 0. The molecule has 0 aliphatic heterocycles. The van der Waals surface area contributed by atoms with E-state index in [1.165, 1.54) is 0 Å². The first-order valence-corrected chi connectivity index (χ1v) is 3.54. The molecule has 0 rings (SSSR count). The van der Waals surface area contributed by atoms with Crippen LogP contribution in [0.4, 0.5) is 0 Å². The third kappa shape index (κ3) is 2.67. The maximum atomic E-state index is 5.57. The van der Waals surface area contributed by atoms with Crippen molar-refractivity contribution in [3.63, 3.8) is 0 Å². The van der Waals surface area contributed by atoms with Crippen molar-refractivity contribution in [3.05, 3.63) is 11.3 Å². The van der Waals surface area contributed by atoms with Crippen molar-refractivity contribution < 1.29 is 0 Å². The van der Waals surface area contributed by atoms with Crippen LogP contribution in [-0.2, 0) is 0 Å². The molecule has 10 heavy (non-hydrogen) atoms. The van der Waals surface area contributed by atoms with E-state index in [4.69, 9.17) is 5.73 Å². The summed E-state index contributed by atoms with van der Waals surface area (Å²) in [6.07, 6.45) is 0. The lowest BCUT2D eigenvalue weighted by molar-refractivity contribution is 1.12. The van der Waals surface area contributed by atoms with Crippen molar-refractivity contribution in [1.82, 2.24) is 0 Å². The Morgan fingerprint density at radius 3 is 2.10 bits per heavy atom. The summed E-state index contributed by atoms with van der Waals surface area (Å²) in [5.41, 5.74) is 8.57. The van der Waals surface area contributed by atoms with E-state index < -0.39 is 0 Å². The molecule has 0 aromatic heterocycles. The number of aliphatic imine (C=N–C) groups is 1. The van der Waals surface area contributed by atoms with Gasteiger partial charge in [-0.15, -0.1) is 0 Å². The minimum absolute atomic E-state index is 0.830. The molecule has 0 spiro atoms. The van der Waals surface area contributed by atoms with Gasteiger partial charge in [0.05, 0.1) is 0 Å². The van der Waals surface area contributed by atoms with E-state index in [-0.39, 0.29) is 0 Å². The second-order valence-corrected chi connectivity index (χ2v) is 2.37. The van der Waals surface area contributed by atoms with Gasteiger partial charge >= 0.3 is 0 Å². The molecule has 0 heterocycles. The molecule has 0 aromatic carbocycles. The molecule has 0 saturated heterocycles. The van der Waals surface area contributed by atoms with E-state index >= 15 is 0 Å². The lowest BCUT2D eigenvalue weighted by Crippen LogP contribution is -2.03. The van der Waals surface area contributed by atoms with Crippen molar-refractivity contribution in [2.45, 2.75) is 27.7 Å². The van der Waals surface area contributed by atoms with Crippen molar-refractivity contribution in [2.75, 3.05) is 6.54 Å². The first-order valence-electron chi connectivity index (χ1n) is 3.54. The summed E-state index contributed by atoms with van der Waals surface area (Å²) in [5.74, 6) is 0. The lowest BCUT2D eigenvalue weighted by atomic mass is 10.1. The molecular formula is C8H16N2. The Balaban J connectivity index is 4.36. The topological polar surface area (TPSA) is 38.4 Å². The lowest BCUT2D eigenvalue weighted by Gasteiger charge is -2.01. The van der Waals surface area contributed by atoms with E-state index in [0.29, 0.717) is 0 Å². The Morgan fingerprint density at radius 2 is 1.80 bits per heavy atom. The van der Waals surface area contributed by atoms with Gasteiger partial charge in [0.15, 0.2) is 0 Å². The molecule has 0 aromatic rings. The van der Waals surface area contributed by atoms with Crippen LogP contribution < -0.4 is 5.73 Å². The fourth-order valence-corrected chi connectivity index (χ4v) is 0.641. The van der Waals surface area contributed by atoms with Gasteiger partial charge in [0.25, 0.3) is 0 Å². The van der Waals surface area contributed by atoms with E-state index in [1.807, 2.05) is 27.7 Å². The molecule has 2 nitrogen and oxygen atoms in total. The number of nitrogens with zero attached hydrogens (tertiary/aromatic N) is 1. The molecule has 58 valence electrons. The highest BCUT2D eigenvalue weighted by molar-refractivity contribution is 5.98. The molecule has 0 saturated carbocycles. The SMILES string of the molecule is CCN=C(C)C(C)=C(C)N. The highest BCUT2D eigenvalue weighted by Gasteiger charge is 1.94. The van der Waals surface area contributed by atoms with E-state index in [0.717, 1.165) is 23.5 Å². The van der Waals surface area contributed by atoms with Crippen LogP contribution in [0.25, 0.3) is 0 Å². The molecular weight excluding hydrogens is 124 g/mol. The Kier molecular flexibility index (Phi) is 3.77.